The third kappa shape index (κ3) is 3.30. The molecule has 0 radical (unpaired) electrons. The van der Waals surface area contributed by atoms with E-state index in [1.807, 2.05) is 7.05 Å². The molecule has 112 valence electrons. The van der Waals surface area contributed by atoms with Crippen LogP contribution in [0.1, 0.15) is 31.5 Å². The van der Waals surface area contributed by atoms with E-state index >= 15 is 0 Å². The average Bonchev–Trinajstić information content (AvgIpc) is 3.12. The second kappa shape index (κ2) is 6.54. The summed E-state index contributed by atoms with van der Waals surface area (Å²) < 4.78 is 5.64. The number of ether oxygens (including phenoxy) is 1. The summed E-state index contributed by atoms with van der Waals surface area (Å²) in [7, 11) is 2.03. The van der Waals surface area contributed by atoms with Gasteiger partial charge in [0, 0.05) is 26.1 Å². The Morgan fingerprint density at radius 2 is 2.20 bits per heavy atom. The highest BCUT2D eigenvalue weighted by molar-refractivity contribution is 5.29. The number of rotatable bonds is 5. The van der Waals surface area contributed by atoms with Gasteiger partial charge in [0.1, 0.15) is 5.82 Å². The third-order valence-corrected chi connectivity index (χ3v) is 4.36. The van der Waals surface area contributed by atoms with Crippen LogP contribution in [0.5, 0.6) is 0 Å². The lowest BCUT2D eigenvalue weighted by Gasteiger charge is -2.30. The first-order valence-corrected chi connectivity index (χ1v) is 7.77. The van der Waals surface area contributed by atoms with E-state index in [-0.39, 0.29) is 0 Å². The summed E-state index contributed by atoms with van der Waals surface area (Å²) >= 11 is 0. The molecule has 2 aliphatic heterocycles. The van der Waals surface area contributed by atoms with Gasteiger partial charge in [0.15, 0.2) is 0 Å². The van der Waals surface area contributed by atoms with Gasteiger partial charge in [0.2, 0.25) is 5.95 Å². The number of hydrogen-bond donors (Lipinski definition) is 2. The minimum absolute atomic E-state index is 0.331. The molecule has 0 aromatic carbocycles. The highest BCUT2D eigenvalue weighted by Gasteiger charge is 2.22. The lowest BCUT2D eigenvalue weighted by atomic mass is 9.97. The van der Waals surface area contributed by atoms with Gasteiger partial charge in [0.05, 0.1) is 6.10 Å². The summed E-state index contributed by atoms with van der Waals surface area (Å²) in [5.74, 6) is 2.62. The second-order valence-electron chi connectivity index (χ2n) is 5.91. The number of anilines is 1. The summed E-state index contributed by atoms with van der Waals surface area (Å²) in [5, 5.41) is 10.7. The van der Waals surface area contributed by atoms with Crippen LogP contribution in [-0.4, -0.2) is 54.6 Å². The van der Waals surface area contributed by atoms with Gasteiger partial charge in [-0.1, -0.05) is 0 Å². The van der Waals surface area contributed by atoms with E-state index < -0.39 is 0 Å². The zero-order chi connectivity index (χ0) is 13.8. The van der Waals surface area contributed by atoms with Crippen molar-refractivity contribution in [1.82, 2.24) is 20.5 Å². The molecule has 3 heterocycles. The van der Waals surface area contributed by atoms with Crippen molar-refractivity contribution in [2.24, 2.45) is 5.92 Å². The molecule has 1 aromatic heterocycles. The summed E-state index contributed by atoms with van der Waals surface area (Å²) in [4.78, 5) is 6.93. The fourth-order valence-corrected chi connectivity index (χ4v) is 3.16. The highest BCUT2D eigenvalue weighted by Crippen LogP contribution is 2.21. The van der Waals surface area contributed by atoms with Crippen molar-refractivity contribution < 1.29 is 4.74 Å². The minimum atomic E-state index is 0.331. The molecular weight excluding hydrogens is 254 g/mol. The number of nitrogens with zero attached hydrogens (tertiary/aromatic N) is 3. The standard InChI is InChI=1S/C14H25N5O/c1-15-10-11-4-6-19(7-5-11)14-16-13(17-18-14)9-12-3-2-8-20-12/h11-12,15H,2-10H2,1H3,(H,16,17,18). The minimum Gasteiger partial charge on any atom is -0.378 e. The van der Waals surface area contributed by atoms with Gasteiger partial charge in [-0.05, 0) is 45.2 Å². The molecule has 0 bridgehead atoms. The lowest BCUT2D eigenvalue weighted by Crippen LogP contribution is -2.37. The van der Waals surface area contributed by atoms with Gasteiger partial charge >= 0.3 is 0 Å². The quantitative estimate of drug-likeness (QED) is 0.840. The Balaban J connectivity index is 1.52. The first-order chi connectivity index (χ1) is 9.85. The molecule has 20 heavy (non-hydrogen) atoms. The molecule has 0 saturated carbocycles. The van der Waals surface area contributed by atoms with Crippen molar-refractivity contribution in [3.8, 4) is 0 Å². The molecular formula is C14H25N5O. The van der Waals surface area contributed by atoms with E-state index in [0.29, 0.717) is 6.10 Å². The van der Waals surface area contributed by atoms with E-state index in [9.17, 15) is 0 Å². The molecule has 6 nitrogen and oxygen atoms in total. The van der Waals surface area contributed by atoms with Crippen LogP contribution in [0.4, 0.5) is 5.95 Å². The molecule has 2 aliphatic rings. The Morgan fingerprint density at radius 1 is 1.35 bits per heavy atom. The fourth-order valence-electron chi connectivity index (χ4n) is 3.16. The zero-order valence-corrected chi connectivity index (χ0v) is 12.3. The highest BCUT2D eigenvalue weighted by atomic mass is 16.5. The smallest absolute Gasteiger partial charge is 0.244 e. The number of H-pyrrole nitrogens is 1. The van der Waals surface area contributed by atoms with Gasteiger partial charge in [-0.25, -0.2) is 0 Å². The molecule has 2 saturated heterocycles. The van der Waals surface area contributed by atoms with Crippen LogP contribution in [0, 0.1) is 5.92 Å². The van der Waals surface area contributed by atoms with Crippen LogP contribution in [-0.2, 0) is 11.2 Å². The number of piperidine rings is 1. The summed E-state index contributed by atoms with van der Waals surface area (Å²) in [6.07, 6.45) is 5.95. The molecule has 3 rings (SSSR count). The fraction of sp³-hybridized carbons (Fsp3) is 0.857. The van der Waals surface area contributed by atoms with Crippen LogP contribution in [0.2, 0.25) is 0 Å². The number of hydrogen-bond acceptors (Lipinski definition) is 5. The SMILES string of the molecule is CNCC1CCN(c2n[nH]c(CC3CCCO3)n2)CC1. The monoisotopic (exact) mass is 279 g/mol. The van der Waals surface area contributed by atoms with Crippen molar-refractivity contribution in [3.63, 3.8) is 0 Å². The van der Waals surface area contributed by atoms with E-state index in [0.717, 1.165) is 56.8 Å². The first-order valence-electron chi connectivity index (χ1n) is 7.77. The van der Waals surface area contributed by atoms with E-state index in [4.69, 9.17) is 4.74 Å². The van der Waals surface area contributed by atoms with E-state index in [2.05, 4.69) is 25.4 Å². The predicted octanol–water partition coefficient (Wildman–Crippen LogP) is 0.962. The molecule has 1 unspecified atom stereocenters. The van der Waals surface area contributed by atoms with Crippen LogP contribution in [0.25, 0.3) is 0 Å². The van der Waals surface area contributed by atoms with Crippen molar-refractivity contribution in [2.75, 3.05) is 38.2 Å². The van der Waals surface area contributed by atoms with Crippen molar-refractivity contribution >= 4 is 5.95 Å². The molecule has 1 aromatic rings. The molecule has 2 N–H and O–H groups in total. The van der Waals surface area contributed by atoms with Crippen LogP contribution < -0.4 is 10.2 Å². The maximum absolute atomic E-state index is 5.64. The van der Waals surface area contributed by atoms with Gasteiger partial charge < -0.3 is 15.0 Å². The molecule has 1 atom stereocenters. The molecule has 0 amide bonds. The first kappa shape index (κ1) is 13.8. The maximum atomic E-state index is 5.64. The Hall–Kier alpha value is -1.14. The molecule has 2 fully saturated rings. The van der Waals surface area contributed by atoms with Gasteiger partial charge in [0.25, 0.3) is 0 Å². The summed E-state index contributed by atoms with van der Waals surface area (Å²) in [6, 6.07) is 0. The Kier molecular flexibility index (Phi) is 4.52. The Morgan fingerprint density at radius 3 is 2.90 bits per heavy atom. The number of nitrogens with one attached hydrogen (secondary N) is 2. The van der Waals surface area contributed by atoms with Crippen LogP contribution >= 0.6 is 0 Å². The maximum Gasteiger partial charge on any atom is 0.244 e. The molecule has 0 spiro atoms. The number of aromatic amines is 1. The van der Waals surface area contributed by atoms with Gasteiger partial charge in [-0.15, -0.1) is 5.10 Å². The summed E-state index contributed by atoms with van der Waals surface area (Å²) in [6.45, 7) is 4.13. The van der Waals surface area contributed by atoms with Crippen LogP contribution in [0.3, 0.4) is 0 Å². The molecule has 0 aliphatic carbocycles. The normalized spacial score (nSPS) is 24.4. The third-order valence-electron chi connectivity index (χ3n) is 4.36. The van der Waals surface area contributed by atoms with Gasteiger partial charge in [-0.3, -0.25) is 5.10 Å². The predicted molar refractivity (Wildman–Crippen MR) is 77.9 cm³/mol. The number of aromatic nitrogens is 3. The lowest BCUT2D eigenvalue weighted by molar-refractivity contribution is 0.110. The zero-order valence-electron chi connectivity index (χ0n) is 12.3. The van der Waals surface area contributed by atoms with Crippen molar-refractivity contribution in [2.45, 2.75) is 38.2 Å². The summed E-state index contributed by atoms with van der Waals surface area (Å²) in [5.41, 5.74) is 0. The van der Waals surface area contributed by atoms with E-state index in [1.54, 1.807) is 0 Å². The average molecular weight is 279 g/mol. The largest absolute Gasteiger partial charge is 0.378 e. The van der Waals surface area contributed by atoms with E-state index in [1.165, 1.54) is 19.3 Å². The molecule has 6 heteroatoms. The van der Waals surface area contributed by atoms with Crippen LogP contribution in [0.15, 0.2) is 0 Å². The Bertz CT molecular complexity index is 407. The second-order valence-corrected chi connectivity index (χ2v) is 5.91. The Labute approximate surface area is 120 Å². The van der Waals surface area contributed by atoms with Gasteiger partial charge in [-0.2, -0.15) is 4.98 Å². The van der Waals surface area contributed by atoms with Crippen molar-refractivity contribution in [1.29, 1.82) is 0 Å². The topological polar surface area (TPSA) is 66.1 Å². The van der Waals surface area contributed by atoms with Crippen molar-refractivity contribution in [3.05, 3.63) is 5.82 Å².